The molecule has 23 heavy (non-hydrogen) atoms. The Balaban J connectivity index is 1.46. The normalized spacial score (nSPS) is 29.8. The van der Waals surface area contributed by atoms with Crippen molar-refractivity contribution in [1.29, 1.82) is 0 Å². The molecule has 2 aliphatic heterocycles. The number of ether oxygens (including phenoxy) is 1. The molecule has 2 saturated heterocycles. The molecule has 6 nitrogen and oxygen atoms in total. The largest absolute Gasteiger partial charge is 0.375 e. The molecule has 0 N–H and O–H groups in total. The van der Waals surface area contributed by atoms with Crippen LogP contribution in [-0.4, -0.2) is 61.8 Å². The van der Waals surface area contributed by atoms with Crippen molar-refractivity contribution in [2.24, 2.45) is 5.92 Å². The standard InChI is InChI=1S/C16H23N3O3S/c20-23(21,14-4-5-14)19-9-10-22-15-12-18(8-6-13(15)11-19)16-3-1-2-7-17-16/h1-3,7,13-15H,4-6,8-12H2/t13-,15-/m1/s1. The Kier molecular flexibility index (Phi) is 4.03. The van der Waals surface area contributed by atoms with Crippen LogP contribution in [-0.2, 0) is 14.8 Å². The SMILES string of the molecule is O=S(=O)(C1CC1)N1CCO[C@@H]2CN(c3ccccn3)CC[C@@H]2C1. The van der Waals surface area contributed by atoms with Gasteiger partial charge >= 0.3 is 0 Å². The van der Waals surface area contributed by atoms with E-state index in [-0.39, 0.29) is 17.3 Å². The van der Waals surface area contributed by atoms with Crippen LogP contribution in [0.1, 0.15) is 19.3 Å². The first-order valence-corrected chi connectivity index (χ1v) is 9.91. The van der Waals surface area contributed by atoms with Gasteiger partial charge in [0.25, 0.3) is 0 Å². The van der Waals surface area contributed by atoms with Crippen LogP contribution in [0.4, 0.5) is 5.82 Å². The van der Waals surface area contributed by atoms with Crippen molar-refractivity contribution < 1.29 is 13.2 Å². The third-order valence-corrected chi connectivity index (χ3v) is 7.45. The van der Waals surface area contributed by atoms with Gasteiger partial charge in [-0.3, -0.25) is 0 Å². The number of piperidine rings is 1. The van der Waals surface area contributed by atoms with Gasteiger partial charge in [0, 0.05) is 38.3 Å². The first-order chi connectivity index (χ1) is 11.1. The molecule has 7 heteroatoms. The van der Waals surface area contributed by atoms with Crippen molar-refractivity contribution >= 4 is 15.8 Å². The second kappa shape index (κ2) is 6.03. The summed E-state index contributed by atoms with van der Waals surface area (Å²) in [7, 11) is -3.10. The first kappa shape index (κ1) is 15.4. The van der Waals surface area contributed by atoms with E-state index in [1.807, 2.05) is 18.2 Å². The molecule has 2 atom stereocenters. The molecule has 0 bridgehead atoms. The van der Waals surface area contributed by atoms with Crippen molar-refractivity contribution in [2.45, 2.75) is 30.6 Å². The Morgan fingerprint density at radius 2 is 2.00 bits per heavy atom. The van der Waals surface area contributed by atoms with E-state index < -0.39 is 10.0 Å². The van der Waals surface area contributed by atoms with Crippen LogP contribution in [0.5, 0.6) is 0 Å². The summed E-state index contributed by atoms with van der Waals surface area (Å²) in [5, 5.41) is -0.132. The van der Waals surface area contributed by atoms with Crippen LogP contribution < -0.4 is 4.90 Å². The smallest absolute Gasteiger partial charge is 0.217 e. The lowest BCUT2D eigenvalue weighted by molar-refractivity contribution is 0.0251. The van der Waals surface area contributed by atoms with Crippen molar-refractivity contribution in [2.75, 3.05) is 37.7 Å². The first-order valence-electron chi connectivity index (χ1n) is 8.41. The zero-order valence-corrected chi connectivity index (χ0v) is 14.0. The summed E-state index contributed by atoms with van der Waals surface area (Å²) in [4.78, 5) is 6.66. The van der Waals surface area contributed by atoms with Crippen LogP contribution in [0.3, 0.4) is 0 Å². The fourth-order valence-electron chi connectivity index (χ4n) is 3.58. The fraction of sp³-hybridized carbons (Fsp3) is 0.688. The Morgan fingerprint density at radius 1 is 1.13 bits per heavy atom. The van der Waals surface area contributed by atoms with E-state index in [9.17, 15) is 8.42 Å². The summed E-state index contributed by atoms with van der Waals surface area (Å²) >= 11 is 0. The van der Waals surface area contributed by atoms with E-state index in [1.54, 1.807) is 10.5 Å². The topological polar surface area (TPSA) is 62.7 Å². The highest BCUT2D eigenvalue weighted by atomic mass is 32.2. The predicted octanol–water partition coefficient (Wildman–Crippen LogP) is 1.10. The molecule has 126 valence electrons. The Bertz CT molecular complexity index is 648. The number of anilines is 1. The molecule has 3 aliphatic rings. The summed E-state index contributed by atoms with van der Waals surface area (Å²) < 4.78 is 32.7. The zero-order chi connectivity index (χ0) is 15.9. The summed E-state index contributed by atoms with van der Waals surface area (Å²) in [6, 6.07) is 5.92. The van der Waals surface area contributed by atoms with Crippen molar-refractivity contribution in [3.8, 4) is 0 Å². The van der Waals surface area contributed by atoms with Crippen molar-refractivity contribution in [1.82, 2.24) is 9.29 Å². The number of hydrogen-bond donors (Lipinski definition) is 0. The molecular formula is C16H23N3O3S. The minimum absolute atomic E-state index is 0.0881. The van der Waals surface area contributed by atoms with Crippen molar-refractivity contribution in [3.63, 3.8) is 0 Å². The van der Waals surface area contributed by atoms with Crippen LogP contribution in [0.2, 0.25) is 0 Å². The monoisotopic (exact) mass is 337 g/mol. The van der Waals surface area contributed by atoms with E-state index in [2.05, 4.69) is 9.88 Å². The summed E-state index contributed by atoms with van der Waals surface area (Å²) in [5.74, 6) is 1.26. The maximum absolute atomic E-state index is 12.5. The van der Waals surface area contributed by atoms with Crippen LogP contribution in [0.25, 0.3) is 0 Å². The quantitative estimate of drug-likeness (QED) is 0.826. The summed E-state index contributed by atoms with van der Waals surface area (Å²) in [6.07, 6.45) is 4.48. The molecule has 0 unspecified atom stereocenters. The summed E-state index contributed by atoms with van der Waals surface area (Å²) in [6.45, 7) is 3.29. The molecule has 3 heterocycles. The average Bonchev–Trinajstić information content (AvgIpc) is 3.41. The number of fused-ring (bicyclic) bond motifs is 1. The highest BCUT2D eigenvalue weighted by Crippen LogP contribution is 2.34. The Labute approximate surface area is 137 Å². The van der Waals surface area contributed by atoms with Gasteiger partial charge in [0.2, 0.25) is 10.0 Å². The maximum atomic E-state index is 12.5. The summed E-state index contributed by atoms with van der Waals surface area (Å²) in [5.41, 5.74) is 0. The molecule has 4 rings (SSSR count). The van der Waals surface area contributed by atoms with Gasteiger partial charge < -0.3 is 9.64 Å². The second-order valence-electron chi connectivity index (χ2n) is 6.69. The maximum Gasteiger partial charge on any atom is 0.217 e. The minimum atomic E-state index is -3.10. The molecule has 0 aromatic carbocycles. The lowest BCUT2D eigenvalue weighted by Gasteiger charge is -2.38. The molecule has 0 radical (unpaired) electrons. The lowest BCUT2D eigenvalue weighted by Crippen LogP contribution is -2.48. The molecular weight excluding hydrogens is 314 g/mol. The van der Waals surface area contributed by atoms with Gasteiger partial charge in [0.05, 0.1) is 18.0 Å². The molecule has 1 saturated carbocycles. The molecule has 1 aromatic rings. The molecule has 1 aliphatic carbocycles. The van der Waals surface area contributed by atoms with Crippen LogP contribution >= 0.6 is 0 Å². The molecule has 0 spiro atoms. The fourth-order valence-corrected chi connectivity index (χ4v) is 5.46. The van der Waals surface area contributed by atoms with E-state index in [1.165, 1.54) is 0 Å². The van der Waals surface area contributed by atoms with Crippen molar-refractivity contribution in [3.05, 3.63) is 24.4 Å². The average molecular weight is 337 g/mol. The molecule has 1 aromatic heterocycles. The minimum Gasteiger partial charge on any atom is -0.375 e. The Morgan fingerprint density at radius 3 is 2.74 bits per heavy atom. The van der Waals surface area contributed by atoms with E-state index in [4.69, 9.17) is 4.74 Å². The van der Waals surface area contributed by atoms with Gasteiger partial charge in [0.15, 0.2) is 0 Å². The third-order valence-electron chi connectivity index (χ3n) is 5.09. The van der Waals surface area contributed by atoms with Crippen LogP contribution in [0.15, 0.2) is 24.4 Å². The van der Waals surface area contributed by atoms with Gasteiger partial charge in [-0.05, 0) is 31.4 Å². The van der Waals surface area contributed by atoms with E-state index in [0.29, 0.717) is 19.7 Å². The van der Waals surface area contributed by atoms with E-state index in [0.717, 1.165) is 38.2 Å². The highest BCUT2D eigenvalue weighted by Gasteiger charge is 2.43. The zero-order valence-electron chi connectivity index (χ0n) is 13.2. The Hall–Kier alpha value is -1.18. The van der Waals surface area contributed by atoms with Gasteiger partial charge in [-0.2, -0.15) is 4.31 Å². The number of nitrogens with zero attached hydrogens (tertiary/aromatic N) is 3. The number of aromatic nitrogens is 1. The third kappa shape index (κ3) is 3.09. The highest BCUT2D eigenvalue weighted by molar-refractivity contribution is 7.90. The second-order valence-corrected chi connectivity index (χ2v) is 8.91. The number of sulfonamides is 1. The number of hydrogen-bond acceptors (Lipinski definition) is 5. The van der Waals surface area contributed by atoms with Crippen LogP contribution in [0, 0.1) is 5.92 Å². The van der Waals surface area contributed by atoms with Gasteiger partial charge in [-0.1, -0.05) is 6.07 Å². The molecule has 0 amide bonds. The van der Waals surface area contributed by atoms with Gasteiger partial charge in [-0.15, -0.1) is 0 Å². The van der Waals surface area contributed by atoms with Gasteiger partial charge in [-0.25, -0.2) is 13.4 Å². The number of pyridine rings is 1. The molecule has 3 fully saturated rings. The van der Waals surface area contributed by atoms with E-state index >= 15 is 0 Å². The number of rotatable bonds is 3. The van der Waals surface area contributed by atoms with Gasteiger partial charge in [0.1, 0.15) is 5.82 Å². The predicted molar refractivity (Wildman–Crippen MR) is 87.8 cm³/mol. The lowest BCUT2D eigenvalue weighted by atomic mass is 9.94.